The fourth-order valence-corrected chi connectivity index (χ4v) is 3.85. The lowest BCUT2D eigenvalue weighted by atomic mass is 10.1. The summed E-state index contributed by atoms with van der Waals surface area (Å²) in [7, 11) is 0. The van der Waals surface area contributed by atoms with Crippen LogP contribution in [-0.2, 0) is 30.4 Å². The number of benzene rings is 2. The highest BCUT2D eigenvalue weighted by molar-refractivity contribution is 5.79. The summed E-state index contributed by atoms with van der Waals surface area (Å²) in [5.74, 6) is -1.52. The number of fused-ring (bicyclic) bond motifs is 1. The molecule has 176 valence electrons. The average Bonchev–Trinajstić information content (AvgIpc) is 3.25. The van der Waals surface area contributed by atoms with E-state index in [0.29, 0.717) is 36.5 Å². The van der Waals surface area contributed by atoms with Crippen LogP contribution >= 0.6 is 0 Å². The standard InChI is InChI=1S/C25H24F3N5O/c1-17-21(18(2)33-24(29-17)30-23(31-33)25(26,27)28)15-22(34)32(16-20-11-7-4-8-12-20)14-13-19-9-5-3-6-10-19/h3-12H,13-16H2,1-2H3. The number of amides is 1. The van der Waals surface area contributed by atoms with Gasteiger partial charge in [-0.05, 0) is 31.4 Å². The van der Waals surface area contributed by atoms with Crippen molar-refractivity contribution in [3.05, 3.63) is 94.6 Å². The van der Waals surface area contributed by atoms with Crippen molar-refractivity contribution in [3.63, 3.8) is 0 Å². The molecule has 0 unspecified atom stereocenters. The quantitative estimate of drug-likeness (QED) is 0.399. The first-order chi connectivity index (χ1) is 16.2. The number of hydrogen-bond donors (Lipinski definition) is 0. The second kappa shape index (κ2) is 9.62. The summed E-state index contributed by atoms with van der Waals surface area (Å²) in [6.07, 6.45) is -3.98. The number of aryl methyl sites for hydroxylation is 2. The van der Waals surface area contributed by atoms with Crippen LogP contribution < -0.4 is 0 Å². The van der Waals surface area contributed by atoms with Gasteiger partial charge >= 0.3 is 6.18 Å². The monoisotopic (exact) mass is 467 g/mol. The summed E-state index contributed by atoms with van der Waals surface area (Å²) in [6.45, 7) is 4.24. The SMILES string of the molecule is Cc1nc2nc(C(F)(F)F)nn2c(C)c1CC(=O)N(CCc1ccccc1)Cc1ccccc1. The van der Waals surface area contributed by atoms with E-state index in [-0.39, 0.29) is 18.1 Å². The van der Waals surface area contributed by atoms with Gasteiger partial charge in [-0.3, -0.25) is 4.79 Å². The molecule has 6 nitrogen and oxygen atoms in total. The van der Waals surface area contributed by atoms with Crippen LogP contribution in [0.25, 0.3) is 5.78 Å². The number of hydrogen-bond acceptors (Lipinski definition) is 4. The Bertz CT molecular complexity index is 1290. The highest BCUT2D eigenvalue weighted by Crippen LogP contribution is 2.27. The third-order valence-corrected chi connectivity index (χ3v) is 5.71. The Hall–Kier alpha value is -3.75. The Kier molecular flexibility index (Phi) is 6.63. The Morgan fingerprint density at radius 3 is 2.18 bits per heavy atom. The van der Waals surface area contributed by atoms with E-state index < -0.39 is 12.0 Å². The molecule has 2 aromatic carbocycles. The first-order valence-corrected chi connectivity index (χ1v) is 10.9. The molecule has 9 heteroatoms. The normalized spacial score (nSPS) is 11.7. The molecule has 34 heavy (non-hydrogen) atoms. The van der Waals surface area contributed by atoms with Gasteiger partial charge in [-0.25, -0.2) is 9.50 Å². The topological polar surface area (TPSA) is 63.4 Å². The van der Waals surface area contributed by atoms with Crippen LogP contribution in [0.3, 0.4) is 0 Å². The second-order valence-electron chi connectivity index (χ2n) is 8.12. The van der Waals surface area contributed by atoms with Crippen molar-refractivity contribution in [2.75, 3.05) is 6.54 Å². The van der Waals surface area contributed by atoms with E-state index >= 15 is 0 Å². The number of alkyl halides is 3. The minimum atomic E-state index is -4.67. The van der Waals surface area contributed by atoms with Gasteiger partial charge in [-0.1, -0.05) is 60.7 Å². The molecule has 0 fully saturated rings. The van der Waals surface area contributed by atoms with Crippen LogP contribution in [0.15, 0.2) is 60.7 Å². The van der Waals surface area contributed by atoms with E-state index in [0.717, 1.165) is 15.6 Å². The minimum Gasteiger partial charge on any atom is -0.338 e. The first kappa shape index (κ1) is 23.4. The molecule has 0 aliphatic heterocycles. The summed E-state index contributed by atoms with van der Waals surface area (Å²) in [4.78, 5) is 22.9. The van der Waals surface area contributed by atoms with Gasteiger partial charge in [0.05, 0.1) is 6.42 Å². The number of aromatic nitrogens is 4. The molecule has 2 heterocycles. The molecule has 0 aliphatic rings. The lowest BCUT2D eigenvalue weighted by molar-refractivity contribution is -0.144. The van der Waals surface area contributed by atoms with Crippen LogP contribution in [0.5, 0.6) is 0 Å². The van der Waals surface area contributed by atoms with Crippen molar-refractivity contribution in [2.45, 2.75) is 39.4 Å². The zero-order valence-corrected chi connectivity index (χ0v) is 18.9. The van der Waals surface area contributed by atoms with Gasteiger partial charge in [0.25, 0.3) is 11.6 Å². The van der Waals surface area contributed by atoms with E-state index in [1.807, 2.05) is 60.7 Å². The van der Waals surface area contributed by atoms with Crippen LogP contribution in [0.2, 0.25) is 0 Å². The predicted octanol–water partition coefficient (Wildman–Crippen LogP) is 4.57. The number of halogens is 3. The molecule has 0 bridgehead atoms. The first-order valence-electron chi connectivity index (χ1n) is 10.9. The third-order valence-electron chi connectivity index (χ3n) is 5.71. The zero-order valence-electron chi connectivity index (χ0n) is 18.9. The summed E-state index contributed by atoms with van der Waals surface area (Å²) in [5, 5.41) is 3.57. The van der Waals surface area contributed by atoms with Gasteiger partial charge < -0.3 is 4.90 Å². The second-order valence-corrected chi connectivity index (χ2v) is 8.12. The zero-order chi connectivity index (χ0) is 24.3. The van der Waals surface area contributed by atoms with Crippen LogP contribution in [0.1, 0.15) is 33.9 Å². The summed E-state index contributed by atoms with van der Waals surface area (Å²) < 4.78 is 40.3. The summed E-state index contributed by atoms with van der Waals surface area (Å²) >= 11 is 0. The smallest absolute Gasteiger partial charge is 0.338 e. The molecule has 0 radical (unpaired) electrons. The van der Waals surface area contributed by atoms with E-state index in [2.05, 4.69) is 15.1 Å². The van der Waals surface area contributed by atoms with Crippen molar-refractivity contribution in [3.8, 4) is 0 Å². The van der Waals surface area contributed by atoms with Gasteiger partial charge in [0, 0.05) is 30.0 Å². The number of carbonyl (C=O) groups excluding carboxylic acids is 1. The number of nitrogens with zero attached hydrogens (tertiary/aromatic N) is 5. The number of carbonyl (C=O) groups is 1. The molecular weight excluding hydrogens is 443 g/mol. The van der Waals surface area contributed by atoms with Gasteiger partial charge in [-0.2, -0.15) is 18.2 Å². The average molecular weight is 467 g/mol. The van der Waals surface area contributed by atoms with Crippen LogP contribution in [-0.4, -0.2) is 36.9 Å². The van der Waals surface area contributed by atoms with Gasteiger partial charge in [0.1, 0.15) is 0 Å². The molecule has 0 spiro atoms. The molecule has 0 atom stereocenters. The van der Waals surface area contributed by atoms with Gasteiger partial charge in [0.15, 0.2) is 0 Å². The fourth-order valence-electron chi connectivity index (χ4n) is 3.85. The van der Waals surface area contributed by atoms with Gasteiger partial charge in [0.2, 0.25) is 5.91 Å². The lowest BCUT2D eigenvalue weighted by Crippen LogP contribution is -2.34. The maximum atomic E-state index is 13.4. The molecular formula is C25H24F3N5O. The molecule has 0 N–H and O–H groups in total. The third kappa shape index (κ3) is 5.24. The Morgan fingerprint density at radius 2 is 1.56 bits per heavy atom. The molecule has 0 saturated carbocycles. The van der Waals surface area contributed by atoms with Crippen molar-refractivity contribution in [1.29, 1.82) is 0 Å². The van der Waals surface area contributed by atoms with Crippen LogP contribution in [0, 0.1) is 13.8 Å². The molecule has 0 saturated heterocycles. The lowest BCUT2D eigenvalue weighted by Gasteiger charge is -2.24. The largest absolute Gasteiger partial charge is 0.453 e. The fraction of sp³-hybridized carbons (Fsp3) is 0.280. The van der Waals surface area contributed by atoms with Crippen molar-refractivity contribution < 1.29 is 18.0 Å². The van der Waals surface area contributed by atoms with Crippen LogP contribution in [0.4, 0.5) is 13.2 Å². The molecule has 1 amide bonds. The maximum Gasteiger partial charge on any atom is 0.453 e. The van der Waals surface area contributed by atoms with Crippen molar-refractivity contribution in [2.24, 2.45) is 0 Å². The van der Waals surface area contributed by atoms with Gasteiger partial charge in [-0.15, -0.1) is 5.10 Å². The highest BCUT2D eigenvalue weighted by Gasteiger charge is 2.37. The van der Waals surface area contributed by atoms with E-state index in [1.54, 1.807) is 18.7 Å². The highest BCUT2D eigenvalue weighted by atomic mass is 19.4. The minimum absolute atomic E-state index is 0.00341. The molecule has 4 rings (SSSR count). The van der Waals surface area contributed by atoms with Crippen molar-refractivity contribution >= 4 is 11.7 Å². The Morgan fingerprint density at radius 1 is 0.941 bits per heavy atom. The van der Waals surface area contributed by atoms with E-state index in [9.17, 15) is 18.0 Å². The summed E-state index contributed by atoms with van der Waals surface area (Å²) in [5.41, 5.74) is 3.54. The molecule has 0 aliphatic carbocycles. The number of rotatable bonds is 7. The summed E-state index contributed by atoms with van der Waals surface area (Å²) in [6, 6.07) is 19.6. The molecule has 4 aromatic rings. The van der Waals surface area contributed by atoms with E-state index in [4.69, 9.17) is 0 Å². The van der Waals surface area contributed by atoms with Crippen molar-refractivity contribution in [1.82, 2.24) is 24.5 Å². The van der Waals surface area contributed by atoms with E-state index in [1.165, 1.54) is 0 Å². The Balaban J connectivity index is 1.60. The molecule has 2 aromatic heterocycles. The predicted molar refractivity (Wildman–Crippen MR) is 121 cm³/mol. The maximum absolute atomic E-state index is 13.4. The Labute approximate surface area is 195 Å².